The Morgan fingerprint density at radius 3 is 2.72 bits per heavy atom. The highest BCUT2D eigenvalue weighted by Gasteiger charge is 2.09. The van der Waals surface area contributed by atoms with Gasteiger partial charge in [-0.15, -0.1) is 0 Å². The van der Waals surface area contributed by atoms with E-state index in [1.165, 1.54) is 0 Å². The van der Waals surface area contributed by atoms with Crippen LogP contribution in [0, 0.1) is 0 Å². The first-order valence-corrected chi connectivity index (χ1v) is 6.40. The number of para-hydroxylation sites is 1. The Balaban J connectivity index is 2.38. The lowest BCUT2D eigenvalue weighted by Crippen LogP contribution is -2.32. The first kappa shape index (κ1) is 14.8. The van der Waals surface area contributed by atoms with E-state index >= 15 is 0 Å². The monoisotopic (exact) mass is 270 g/mol. The number of unbranched alkanes of at least 4 members (excludes halogenated alkanes) is 2. The molecule has 5 heteroatoms. The van der Waals surface area contributed by atoms with Crippen LogP contribution in [0.5, 0.6) is 0 Å². The van der Waals surface area contributed by atoms with Gasteiger partial charge in [-0.05, 0) is 31.4 Å². The third kappa shape index (κ3) is 4.94. The van der Waals surface area contributed by atoms with Crippen molar-refractivity contribution in [3.05, 3.63) is 29.3 Å². The summed E-state index contributed by atoms with van der Waals surface area (Å²) in [6.07, 6.45) is 2.58. The summed E-state index contributed by atoms with van der Waals surface area (Å²) in [5, 5.41) is 11.9. The van der Waals surface area contributed by atoms with Crippen molar-refractivity contribution in [2.45, 2.75) is 19.3 Å². The Bertz CT molecular complexity index is 385. The quantitative estimate of drug-likeness (QED) is 0.781. The van der Waals surface area contributed by atoms with Crippen LogP contribution in [0.2, 0.25) is 5.02 Å². The van der Waals surface area contributed by atoms with E-state index in [0.717, 1.165) is 19.3 Å². The molecule has 0 fully saturated rings. The number of halogens is 1. The Labute approximate surface area is 113 Å². The number of urea groups is 1. The van der Waals surface area contributed by atoms with E-state index in [4.69, 9.17) is 16.7 Å². The molecule has 4 nitrogen and oxygen atoms in total. The zero-order valence-electron chi connectivity index (χ0n) is 10.5. The minimum Gasteiger partial charge on any atom is -0.396 e. The minimum atomic E-state index is -0.174. The van der Waals surface area contributed by atoms with Crippen molar-refractivity contribution >= 4 is 23.3 Å². The number of benzene rings is 1. The lowest BCUT2D eigenvalue weighted by atomic mass is 10.2. The lowest BCUT2D eigenvalue weighted by Gasteiger charge is -2.18. The molecule has 0 heterocycles. The van der Waals surface area contributed by atoms with Crippen LogP contribution < -0.4 is 5.32 Å². The predicted molar refractivity (Wildman–Crippen MR) is 74.0 cm³/mol. The van der Waals surface area contributed by atoms with Crippen molar-refractivity contribution in [1.29, 1.82) is 0 Å². The van der Waals surface area contributed by atoms with E-state index in [2.05, 4.69) is 5.32 Å². The highest BCUT2D eigenvalue weighted by Crippen LogP contribution is 2.20. The number of anilines is 1. The van der Waals surface area contributed by atoms with Gasteiger partial charge in [0.05, 0.1) is 10.7 Å². The summed E-state index contributed by atoms with van der Waals surface area (Å²) in [5.41, 5.74) is 0.617. The Kier molecular flexibility index (Phi) is 6.54. The number of hydrogen-bond acceptors (Lipinski definition) is 2. The highest BCUT2D eigenvalue weighted by molar-refractivity contribution is 6.33. The maximum atomic E-state index is 11.8. The van der Waals surface area contributed by atoms with Gasteiger partial charge in [-0.25, -0.2) is 4.79 Å². The van der Waals surface area contributed by atoms with Crippen molar-refractivity contribution < 1.29 is 9.90 Å². The maximum Gasteiger partial charge on any atom is 0.321 e. The van der Waals surface area contributed by atoms with Crippen molar-refractivity contribution in [2.24, 2.45) is 0 Å². The van der Waals surface area contributed by atoms with Crippen molar-refractivity contribution in [1.82, 2.24) is 4.90 Å². The van der Waals surface area contributed by atoms with Gasteiger partial charge in [0.25, 0.3) is 0 Å². The van der Waals surface area contributed by atoms with Gasteiger partial charge in [-0.3, -0.25) is 0 Å². The van der Waals surface area contributed by atoms with Gasteiger partial charge in [0, 0.05) is 20.2 Å². The molecule has 0 atom stereocenters. The molecule has 0 radical (unpaired) electrons. The number of amides is 2. The van der Waals surface area contributed by atoms with E-state index < -0.39 is 0 Å². The van der Waals surface area contributed by atoms with Crippen LogP contribution in [-0.4, -0.2) is 36.2 Å². The van der Waals surface area contributed by atoms with Crippen molar-refractivity contribution in [3.8, 4) is 0 Å². The summed E-state index contributed by atoms with van der Waals surface area (Å²) in [7, 11) is 1.74. The first-order valence-electron chi connectivity index (χ1n) is 6.02. The predicted octanol–water partition coefficient (Wildman–Crippen LogP) is 2.97. The lowest BCUT2D eigenvalue weighted by molar-refractivity contribution is 0.220. The summed E-state index contributed by atoms with van der Waals surface area (Å²) in [6, 6.07) is 6.96. The molecule has 0 aliphatic heterocycles. The number of rotatable bonds is 6. The molecule has 0 saturated heterocycles. The SMILES string of the molecule is CN(CCCCCO)C(=O)Nc1ccccc1Cl. The third-order valence-corrected chi connectivity index (χ3v) is 2.94. The normalized spacial score (nSPS) is 10.2. The molecule has 18 heavy (non-hydrogen) atoms. The van der Waals surface area contributed by atoms with Crippen LogP contribution in [0.3, 0.4) is 0 Å². The zero-order valence-corrected chi connectivity index (χ0v) is 11.3. The van der Waals surface area contributed by atoms with Gasteiger partial charge >= 0.3 is 6.03 Å². The van der Waals surface area contributed by atoms with Crippen LogP contribution >= 0.6 is 11.6 Å². The van der Waals surface area contributed by atoms with E-state index in [9.17, 15) is 4.79 Å². The highest BCUT2D eigenvalue weighted by atomic mass is 35.5. The fourth-order valence-electron chi connectivity index (χ4n) is 1.51. The van der Waals surface area contributed by atoms with E-state index in [1.54, 1.807) is 24.1 Å². The molecule has 0 unspecified atom stereocenters. The van der Waals surface area contributed by atoms with Gasteiger partial charge in [0.15, 0.2) is 0 Å². The van der Waals surface area contributed by atoms with Gasteiger partial charge in [0.2, 0.25) is 0 Å². The second kappa shape index (κ2) is 7.95. The molecule has 0 spiro atoms. The van der Waals surface area contributed by atoms with E-state index in [-0.39, 0.29) is 12.6 Å². The molecule has 2 amide bonds. The first-order chi connectivity index (χ1) is 8.65. The summed E-state index contributed by atoms with van der Waals surface area (Å²) in [6.45, 7) is 0.867. The molecular weight excluding hydrogens is 252 g/mol. The zero-order chi connectivity index (χ0) is 13.4. The fraction of sp³-hybridized carbons (Fsp3) is 0.462. The minimum absolute atomic E-state index is 0.174. The summed E-state index contributed by atoms with van der Waals surface area (Å²) < 4.78 is 0. The molecule has 0 aliphatic carbocycles. The standard InChI is InChI=1S/C13H19ClN2O2/c1-16(9-5-2-6-10-17)13(18)15-12-8-4-3-7-11(12)14/h3-4,7-8,17H,2,5-6,9-10H2,1H3,(H,15,18). The van der Waals surface area contributed by atoms with Gasteiger partial charge < -0.3 is 15.3 Å². The van der Waals surface area contributed by atoms with Crippen molar-refractivity contribution in [3.63, 3.8) is 0 Å². The Morgan fingerprint density at radius 1 is 1.33 bits per heavy atom. The van der Waals surface area contributed by atoms with Crippen LogP contribution in [-0.2, 0) is 0 Å². The number of nitrogens with one attached hydrogen (secondary N) is 1. The number of nitrogens with zero attached hydrogens (tertiary/aromatic N) is 1. The fourth-order valence-corrected chi connectivity index (χ4v) is 1.70. The second-order valence-corrected chi connectivity index (χ2v) is 4.52. The van der Waals surface area contributed by atoms with Gasteiger partial charge in [-0.1, -0.05) is 23.7 Å². The van der Waals surface area contributed by atoms with Gasteiger partial charge in [-0.2, -0.15) is 0 Å². The van der Waals surface area contributed by atoms with Gasteiger partial charge in [0.1, 0.15) is 0 Å². The largest absolute Gasteiger partial charge is 0.396 e. The van der Waals surface area contributed by atoms with Crippen LogP contribution in [0.1, 0.15) is 19.3 Å². The number of carbonyl (C=O) groups excluding carboxylic acids is 1. The third-order valence-electron chi connectivity index (χ3n) is 2.61. The molecule has 100 valence electrons. The summed E-state index contributed by atoms with van der Waals surface area (Å²) in [5.74, 6) is 0. The summed E-state index contributed by atoms with van der Waals surface area (Å²) >= 11 is 5.96. The van der Waals surface area contributed by atoms with Crippen molar-refractivity contribution in [2.75, 3.05) is 25.5 Å². The number of hydrogen-bond donors (Lipinski definition) is 2. The molecule has 0 aliphatic rings. The molecule has 0 saturated carbocycles. The number of carbonyl (C=O) groups is 1. The smallest absolute Gasteiger partial charge is 0.321 e. The molecule has 1 rings (SSSR count). The number of aliphatic hydroxyl groups is 1. The average Bonchev–Trinajstić information content (AvgIpc) is 2.37. The van der Waals surface area contributed by atoms with E-state index in [1.807, 2.05) is 12.1 Å². The van der Waals surface area contributed by atoms with Crippen LogP contribution in [0.25, 0.3) is 0 Å². The Hall–Kier alpha value is -1.26. The molecule has 2 N–H and O–H groups in total. The summed E-state index contributed by atoms with van der Waals surface area (Å²) in [4.78, 5) is 13.4. The van der Waals surface area contributed by atoms with Crippen LogP contribution in [0.4, 0.5) is 10.5 Å². The second-order valence-electron chi connectivity index (χ2n) is 4.12. The van der Waals surface area contributed by atoms with Crippen LogP contribution in [0.15, 0.2) is 24.3 Å². The maximum absolute atomic E-state index is 11.8. The molecule has 0 bridgehead atoms. The molecule has 1 aromatic rings. The molecule has 1 aromatic carbocycles. The average molecular weight is 271 g/mol. The van der Waals surface area contributed by atoms with E-state index in [0.29, 0.717) is 17.3 Å². The molecule has 0 aromatic heterocycles. The topological polar surface area (TPSA) is 52.6 Å². The molecular formula is C13H19ClN2O2. The Morgan fingerprint density at radius 2 is 2.06 bits per heavy atom. The number of aliphatic hydroxyl groups excluding tert-OH is 1.